The Balaban J connectivity index is 1.50. The van der Waals surface area contributed by atoms with Gasteiger partial charge in [0, 0.05) is 44.2 Å². The quantitative estimate of drug-likeness (QED) is 0.659. The monoisotopic (exact) mass is 476 g/mol. The fourth-order valence-corrected chi connectivity index (χ4v) is 5.87. The number of amides is 2. The van der Waals surface area contributed by atoms with Gasteiger partial charge in [-0.15, -0.1) is 0 Å². The van der Waals surface area contributed by atoms with Crippen molar-refractivity contribution in [2.24, 2.45) is 0 Å². The second-order valence-corrected chi connectivity index (χ2v) is 10.2. The minimum atomic E-state index is -3.67. The molecule has 0 aliphatic carbocycles. The van der Waals surface area contributed by atoms with E-state index in [1.165, 1.54) is 22.2 Å². The molecule has 0 radical (unpaired) electrons. The number of nitrogens with zero attached hydrogens (tertiary/aromatic N) is 3. The summed E-state index contributed by atoms with van der Waals surface area (Å²) in [5.74, 6) is 0.156. The number of aromatic nitrogens is 1. The van der Waals surface area contributed by atoms with Crippen LogP contribution in [0.1, 0.15) is 29.5 Å². The Morgan fingerprint density at radius 2 is 1.94 bits per heavy atom. The number of ether oxygens (including phenoxy) is 1. The maximum Gasteiger partial charge on any atom is 0.243 e. The van der Waals surface area contributed by atoms with Crippen LogP contribution in [0.3, 0.4) is 0 Å². The zero-order chi connectivity index (χ0) is 23.8. The molecule has 178 valence electrons. The van der Waals surface area contributed by atoms with Gasteiger partial charge in [-0.1, -0.05) is 5.16 Å². The van der Waals surface area contributed by atoms with Gasteiger partial charge in [0.1, 0.15) is 11.8 Å². The molecule has 1 aromatic carbocycles. The molecule has 2 amide bonds. The molecule has 1 aromatic heterocycles. The Kier molecular flexibility index (Phi) is 6.55. The van der Waals surface area contributed by atoms with Crippen molar-refractivity contribution < 1.29 is 27.3 Å². The van der Waals surface area contributed by atoms with Crippen LogP contribution in [0.15, 0.2) is 27.6 Å². The fourth-order valence-electron chi connectivity index (χ4n) is 4.41. The van der Waals surface area contributed by atoms with Crippen molar-refractivity contribution in [1.82, 2.24) is 14.8 Å². The lowest BCUT2D eigenvalue weighted by molar-refractivity contribution is -0.125. The predicted molar refractivity (Wildman–Crippen MR) is 119 cm³/mol. The molecule has 0 unspecified atom stereocenters. The number of aryl methyl sites for hydroxylation is 2. The summed E-state index contributed by atoms with van der Waals surface area (Å²) >= 11 is 0. The third-order valence-electron chi connectivity index (χ3n) is 6.14. The van der Waals surface area contributed by atoms with E-state index < -0.39 is 16.1 Å². The van der Waals surface area contributed by atoms with E-state index in [0.717, 1.165) is 17.0 Å². The van der Waals surface area contributed by atoms with Crippen molar-refractivity contribution in [3.8, 4) is 0 Å². The van der Waals surface area contributed by atoms with E-state index in [0.29, 0.717) is 50.5 Å². The SMILES string of the molecule is CC(=O)N1c2ccc(S(=O)(=O)N3CCOCC3)cc2C[C@H]1C(=O)NCCc1c(C)noc1C. The van der Waals surface area contributed by atoms with Gasteiger partial charge >= 0.3 is 0 Å². The van der Waals surface area contributed by atoms with Gasteiger partial charge < -0.3 is 14.6 Å². The number of rotatable bonds is 6. The highest BCUT2D eigenvalue weighted by molar-refractivity contribution is 7.89. The number of anilines is 1. The summed E-state index contributed by atoms with van der Waals surface area (Å²) in [4.78, 5) is 27.0. The number of morpholine rings is 1. The van der Waals surface area contributed by atoms with Gasteiger partial charge in [-0.05, 0) is 44.0 Å². The number of sulfonamides is 1. The van der Waals surface area contributed by atoms with Crippen LogP contribution in [0.25, 0.3) is 0 Å². The molecule has 2 aromatic rings. The van der Waals surface area contributed by atoms with Crippen LogP contribution in [-0.2, 0) is 37.2 Å². The normalized spacial score (nSPS) is 18.9. The summed E-state index contributed by atoms with van der Waals surface area (Å²) < 4.78 is 37.8. The molecule has 0 bridgehead atoms. The smallest absolute Gasteiger partial charge is 0.243 e. The lowest BCUT2D eigenvalue weighted by atomic mass is 10.1. The van der Waals surface area contributed by atoms with Gasteiger partial charge in [-0.2, -0.15) is 4.31 Å². The van der Waals surface area contributed by atoms with Crippen LogP contribution >= 0.6 is 0 Å². The molecule has 2 aliphatic heterocycles. The van der Waals surface area contributed by atoms with E-state index >= 15 is 0 Å². The first-order valence-electron chi connectivity index (χ1n) is 10.9. The first-order valence-corrected chi connectivity index (χ1v) is 12.3. The van der Waals surface area contributed by atoms with Crippen molar-refractivity contribution in [3.63, 3.8) is 0 Å². The molecular weight excluding hydrogens is 448 g/mol. The molecule has 2 aliphatic rings. The third-order valence-corrected chi connectivity index (χ3v) is 8.04. The maximum atomic E-state index is 13.0. The van der Waals surface area contributed by atoms with Crippen molar-refractivity contribution in [3.05, 3.63) is 40.8 Å². The van der Waals surface area contributed by atoms with Crippen molar-refractivity contribution in [2.45, 2.75) is 44.6 Å². The second kappa shape index (κ2) is 9.24. The van der Waals surface area contributed by atoms with E-state index in [-0.39, 0.29) is 23.1 Å². The Morgan fingerprint density at radius 1 is 1.21 bits per heavy atom. The Labute approximate surface area is 192 Å². The van der Waals surface area contributed by atoms with Crippen LogP contribution < -0.4 is 10.2 Å². The molecule has 0 saturated carbocycles. The number of nitrogens with one attached hydrogen (secondary N) is 1. The fraction of sp³-hybridized carbons (Fsp3) is 0.500. The van der Waals surface area contributed by atoms with Gasteiger partial charge in [-0.25, -0.2) is 8.42 Å². The summed E-state index contributed by atoms with van der Waals surface area (Å²) in [6.07, 6.45) is 0.813. The van der Waals surface area contributed by atoms with Crippen molar-refractivity contribution in [2.75, 3.05) is 37.7 Å². The maximum absolute atomic E-state index is 13.0. The minimum Gasteiger partial charge on any atom is -0.379 e. The lowest BCUT2D eigenvalue weighted by Crippen LogP contribution is -2.47. The molecule has 10 nitrogen and oxygen atoms in total. The summed E-state index contributed by atoms with van der Waals surface area (Å²) in [5.41, 5.74) is 2.96. The van der Waals surface area contributed by atoms with Crippen molar-refractivity contribution >= 4 is 27.5 Å². The summed E-state index contributed by atoms with van der Waals surface area (Å²) in [6.45, 7) is 6.77. The van der Waals surface area contributed by atoms with Crippen LogP contribution in [0.5, 0.6) is 0 Å². The highest BCUT2D eigenvalue weighted by atomic mass is 32.2. The molecule has 1 fully saturated rings. The van der Waals surface area contributed by atoms with Gasteiger partial charge in [0.25, 0.3) is 0 Å². The number of fused-ring (bicyclic) bond motifs is 1. The first kappa shape index (κ1) is 23.4. The first-order chi connectivity index (χ1) is 15.7. The zero-order valence-electron chi connectivity index (χ0n) is 19.0. The zero-order valence-corrected chi connectivity index (χ0v) is 19.8. The number of hydrogen-bond acceptors (Lipinski definition) is 7. The van der Waals surface area contributed by atoms with Gasteiger partial charge in [0.2, 0.25) is 21.8 Å². The number of carbonyl (C=O) groups is 2. The average molecular weight is 477 g/mol. The second-order valence-electron chi connectivity index (χ2n) is 8.26. The largest absolute Gasteiger partial charge is 0.379 e. The Morgan fingerprint density at radius 3 is 2.58 bits per heavy atom. The van der Waals surface area contributed by atoms with Crippen molar-refractivity contribution in [1.29, 1.82) is 0 Å². The van der Waals surface area contributed by atoms with E-state index in [4.69, 9.17) is 9.26 Å². The molecule has 1 saturated heterocycles. The molecule has 33 heavy (non-hydrogen) atoms. The summed E-state index contributed by atoms with van der Waals surface area (Å²) in [7, 11) is -3.67. The van der Waals surface area contributed by atoms with Crippen LogP contribution in [0, 0.1) is 13.8 Å². The van der Waals surface area contributed by atoms with Crippen LogP contribution in [0.4, 0.5) is 5.69 Å². The highest BCUT2D eigenvalue weighted by Crippen LogP contribution is 2.35. The third kappa shape index (κ3) is 4.53. The van der Waals surface area contributed by atoms with Crippen LogP contribution in [0.2, 0.25) is 0 Å². The summed E-state index contributed by atoms with van der Waals surface area (Å²) in [6, 6.07) is 3.95. The predicted octanol–water partition coefficient (Wildman–Crippen LogP) is 0.949. The topological polar surface area (TPSA) is 122 Å². The molecule has 1 N–H and O–H groups in total. The molecule has 3 heterocycles. The van der Waals surface area contributed by atoms with Crippen LogP contribution in [-0.4, -0.2) is 68.6 Å². The summed E-state index contributed by atoms with van der Waals surface area (Å²) in [5, 5.41) is 6.81. The lowest BCUT2D eigenvalue weighted by Gasteiger charge is -2.26. The molecular formula is C22H28N4O6S. The Bertz CT molecular complexity index is 1150. The standard InChI is InChI=1S/C22H28N4O6S/c1-14-19(15(2)32-24-14)6-7-23-22(28)21-13-17-12-18(4-5-20(17)26(21)16(3)27)33(29,30)25-8-10-31-11-9-25/h4-5,12,21H,6-11,13H2,1-3H3,(H,23,28)/t21-/m0/s1. The minimum absolute atomic E-state index is 0.158. The number of carbonyl (C=O) groups excluding carboxylic acids is 2. The number of hydrogen-bond donors (Lipinski definition) is 1. The average Bonchev–Trinajstić information content (AvgIpc) is 3.34. The Hall–Kier alpha value is -2.76. The van der Waals surface area contributed by atoms with E-state index in [1.54, 1.807) is 12.1 Å². The highest BCUT2D eigenvalue weighted by Gasteiger charge is 2.38. The molecule has 0 spiro atoms. The number of benzene rings is 1. The molecule has 11 heteroatoms. The molecule has 4 rings (SSSR count). The van der Waals surface area contributed by atoms with Gasteiger partial charge in [0.05, 0.1) is 23.8 Å². The van der Waals surface area contributed by atoms with Gasteiger partial charge in [-0.3, -0.25) is 14.5 Å². The van der Waals surface area contributed by atoms with E-state index in [2.05, 4.69) is 10.5 Å². The van der Waals surface area contributed by atoms with E-state index in [9.17, 15) is 18.0 Å². The van der Waals surface area contributed by atoms with Gasteiger partial charge in [0.15, 0.2) is 0 Å². The van der Waals surface area contributed by atoms with E-state index in [1.807, 2.05) is 13.8 Å². The molecule has 1 atom stereocenters.